The highest BCUT2D eigenvalue weighted by atomic mass is 32.1. The van der Waals surface area contributed by atoms with E-state index in [4.69, 9.17) is 4.74 Å². The van der Waals surface area contributed by atoms with Crippen LogP contribution in [0.1, 0.15) is 53.0 Å². The third kappa shape index (κ3) is 5.83. The highest BCUT2D eigenvalue weighted by Gasteiger charge is 2.26. The number of fused-ring (bicyclic) bond motifs is 2. The minimum atomic E-state index is -1.06. The van der Waals surface area contributed by atoms with Gasteiger partial charge in [0.1, 0.15) is 13.3 Å². The van der Waals surface area contributed by atoms with Crippen LogP contribution in [-0.2, 0) is 13.0 Å². The van der Waals surface area contributed by atoms with Crippen LogP contribution in [0.2, 0.25) is 0 Å². The zero-order chi connectivity index (χ0) is 24.9. The summed E-state index contributed by atoms with van der Waals surface area (Å²) >= 11 is 1.42. The van der Waals surface area contributed by atoms with Crippen LogP contribution in [0.5, 0.6) is 5.19 Å². The Morgan fingerprint density at radius 1 is 1.17 bits per heavy atom. The second-order valence-electron chi connectivity index (χ2n) is 9.78. The van der Waals surface area contributed by atoms with E-state index in [2.05, 4.69) is 20.2 Å². The van der Waals surface area contributed by atoms with Crippen LogP contribution in [0.25, 0.3) is 10.9 Å². The number of rotatable bonds is 9. The molecule has 0 unspecified atom stereocenters. The normalized spacial score (nSPS) is 20.4. The van der Waals surface area contributed by atoms with E-state index in [1.165, 1.54) is 11.3 Å². The molecule has 2 aliphatic rings. The number of nitrogens with one attached hydrogen (secondary N) is 1. The molecule has 36 heavy (non-hydrogen) atoms. The lowest BCUT2D eigenvalue weighted by Crippen LogP contribution is -2.38. The van der Waals surface area contributed by atoms with E-state index in [0.29, 0.717) is 16.7 Å². The molecule has 5 rings (SSSR count). The van der Waals surface area contributed by atoms with E-state index in [-0.39, 0.29) is 11.9 Å². The van der Waals surface area contributed by atoms with E-state index < -0.39 is 19.5 Å². The molecule has 1 fully saturated rings. The Bertz CT molecular complexity index is 1170. The van der Waals surface area contributed by atoms with Crippen molar-refractivity contribution in [1.82, 2.24) is 20.2 Å². The molecule has 1 aromatic carbocycles. The molecule has 1 aliphatic heterocycles. The summed E-state index contributed by atoms with van der Waals surface area (Å²) in [6.45, 7) is 1.04. The lowest BCUT2D eigenvalue weighted by Gasteiger charge is -2.32. The average molecular weight is 515 g/mol. The molecule has 2 aromatic heterocycles. The number of thiazole rings is 1. The Balaban J connectivity index is 1.07. The van der Waals surface area contributed by atoms with Crippen LogP contribution in [0.4, 0.5) is 8.78 Å². The van der Waals surface area contributed by atoms with Crippen LogP contribution in [0.3, 0.4) is 0 Å². The van der Waals surface area contributed by atoms with Gasteiger partial charge in [-0.3, -0.25) is 14.7 Å². The molecule has 0 bridgehead atoms. The van der Waals surface area contributed by atoms with Gasteiger partial charge in [0.15, 0.2) is 6.10 Å². The molecule has 1 N–H and O–H groups in total. The van der Waals surface area contributed by atoms with Gasteiger partial charge in [-0.1, -0.05) is 23.5 Å². The van der Waals surface area contributed by atoms with Crippen molar-refractivity contribution < 1.29 is 18.3 Å². The highest BCUT2D eigenvalue weighted by molar-refractivity contribution is 7.13. The Morgan fingerprint density at radius 3 is 2.81 bits per heavy atom. The first-order chi connectivity index (χ1) is 17.6. The summed E-state index contributed by atoms with van der Waals surface area (Å²) in [7, 11) is 0. The molecular weight excluding hydrogens is 482 g/mol. The zero-order valence-corrected chi connectivity index (χ0v) is 21.1. The van der Waals surface area contributed by atoms with Crippen molar-refractivity contribution in [2.45, 2.75) is 57.2 Å². The number of alkyl halides is 2. The number of benzene rings is 1. The van der Waals surface area contributed by atoms with Crippen LogP contribution in [0, 0.1) is 5.92 Å². The van der Waals surface area contributed by atoms with Crippen LogP contribution >= 0.6 is 11.3 Å². The maximum absolute atomic E-state index is 12.9. The van der Waals surface area contributed by atoms with Gasteiger partial charge >= 0.3 is 0 Å². The quantitative estimate of drug-likeness (QED) is 0.430. The number of hydrogen-bond donors (Lipinski definition) is 1. The molecule has 6 nitrogen and oxygen atoms in total. The summed E-state index contributed by atoms with van der Waals surface area (Å²) in [4.78, 5) is 25.4. The van der Waals surface area contributed by atoms with Crippen molar-refractivity contribution >= 4 is 28.1 Å². The van der Waals surface area contributed by atoms with Gasteiger partial charge in [0, 0.05) is 41.2 Å². The molecule has 9 heteroatoms. The molecule has 1 aliphatic carbocycles. The van der Waals surface area contributed by atoms with Crippen molar-refractivity contribution in [1.29, 1.82) is 0 Å². The third-order valence-corrected chi connectivity index (χ3v) is 8.37. The predicted octanol–water partition coefficient (Wildman–Crippen LogP) is 5.11. The molecule has 192 valence electrons. The third-order valence-electron chi connectivity index (χ3n) is 7.32. The van der Waals surface area contributed by atoms with Crippen LogP contribution < -0.4 is 10.1 Å². The zero-order valence-electron chi connectivity index (χ0n) is 20.3. The molecule has 1 saturated carbocycles. The van der Waals surface area contributed by atoms with Gasteiger partial charge in [-0.15, -0.1) is 0 Å². The molecule has 0 atom stereocenters. The Hall–Kier alpha value is -2.65. The Labute approximate surface area is 214 Å². The second kappa shape index (κ2) is 11.6. The molecule has 3 heterocycles. The Morgan fingerprint density at radius 2 is 2.00 bits per heavy atom. The molecule has 3 aromatic rings. The molecule has 0 spiro atoms. The summed E-state index contributed by atoms with van der Waals surface area (Å²) in [5.41, 5.74) is 2.50. The van der Waals surface area contributed by atoms with Gasteiger partial charge in [0.25, 0.3) is 11.1 Å². The van der Waals surface area contributed by atoms with Gasteiger partial charge in [-0.05, 0) is 69.2 Å². The minimum Gasteiger partial charge on any atom is -0.461 e. The van der Waals surface area contributed by atoms with Crippen molar-refractivity contribution in [2.75, 3.05) is 26.4 Å². The van der Waals surface area contributed by atoms with Crippen molar-refractivity contribution in [3.63, 3.8) is 0 Å². The fourth-order valence-corrected chi connectivity index (χ4v) is 6.21. The number of ether oxygens (including phenoxy) is 1. The largest absolute Gasteiger partial charge is 0.461 e. The summed E-state index contributed by atoms with van der Waals surface area (Å²) in [5, 5.41) is 4.51. The van der Waals surface area contributed by atoms with Gasteiger partial charge < -0.3 is 10.1 Å². The van der Waals surface area contributed by atoms with E-state index in [1.54, 1.807) is 6.20 Å². The topological polar surface area (TPSA) is 67.4 Å². The fraction of sp³-hybridized carbons (Fsp3) is 0.519. The number of amides is 1. The maximum atomic E-state index is 12.9. The highest BCUT2D eigenvalue weighted by Crippen LogP contribution is 2.32. The molecule has 0 radical (unpaired) electrons. The maximum Gasteiger partial charge on any atom is 0.274 e. The fourth-order valence-electron chi connectivity index (χ4n) is 5.24. The number of carbonyl (C=O) groups is 1. The summed E-state index contributed by atoms with van der Waals surface area (Å²) < 4.78 is 30.9. The van der Waals surface area contributed by atoms with Crippen molar-refractivity contribution in [2.24, 2.45) is 5.92 Å². The van der Waals surface area contributed by atoms with Crippen LogP contribution in [0.15, 0.2) is 36.5 Å². The lowest BCUT2D eigenvalue weighted by atomic mass is 9.84. The standard InChI is InChI=1S/C27H32F2N4O2S/c28-15-20(16-29)35-27-32-24-17-33(14-11-25(24)36-27)13-10-18-6-8-19(9-7-18)31-26(34)22-3-1-5-23-21(22)4-2-12-30-23/h1-5,12,18-20H,6-11,13-17H2,(H,31,34)/t18-,19-. The number of aromatic nitrogens is 2. The number of hydrogen-bond acceptors (Lipinski definition) is 6. The van der Waals surface area contributed by atoms with Crippen LogP contribution in [-0.4, -0.2) is 59.4 Å². The number of carbonyl (C=O) groups excluding carboxylic acids is 1. The molecule has 0 saturated heterocycles. The number of pyridine rings is 1. The second-order valence-corrected chi connectivity index (χ2v) is 10.8. The lowest BCUT2D eigenvalue weighted by molar-refractivity contribution is 0.0921. The smallest absolute Gasteiger partial charge is 0.274 e. The SMILES string of the molecule is O=C(N[C@H]1CC[C@H](CCN2CCc3sc(OC(CF)CF)nc3C2)CC1)c1cccc2ncccc12. The first-order valence-electron chi connectivity index (χ1n) is 12.8. The average Bonchev–Trinajstić information content (AvgIpc) is 3.32. The first-order valence-corrected chi connectivity index (χ1v) is 13.6. The van der Waals surface area contributed by atoms with E-state index in [0.717, 1.165) is 79.6 Å². The summed E-state index contributed by atoms with van der Waals surface area (Å²) in [5.74, 6) is 0.641. The molecule has 1 amide bonds. The predicted molar refractivity (Wildman–Crippen MR) is 137 cm³/mol. The van der Waals surface area contributed by atoms with Gasteiger partial charge in [-0.25, -0.2) is 13.8 Å². The monoisotopic (exact) mass is 514 g/mol. The minimum absolute atomic E-state index is 0.0165. The first kappa shape index (κ1) is 25.0. The summed E-state index contributed by atoms with van der Waals surface area (Å²) in [6, 6.07) is 9.70. The van der Waals surface area contributed by atoms with Gasteiger partial charge in [-0.2, -0.15) is 0 Å². The number of nitrogens with zero attached hydrogens (tertiary/aromatic N) is 3. The molecular formula is C27H32F2N4O2S. The van der Waals surface area contributed by atoms with E-state index >= 15 is 0 Å². The van der Waals surface area contributed by atoms with E-state index in [9.17, 15) is 13.6 Å². The van der Waals surface area contributed by atoms with E-state index in [1.807, 2.05) is 30.3 Å². The Kier molecular flexibility index (Phi) is 8.06. The van der Waals surface area contributed by atoms with Gasteiger partial charge in [0.05, 0.1) is 11.2 Å². The van der Waals surface area contributed by atoms with Crippen molar-refractivity contribution in [3.05, 3.63) is 52.7 Å². The van der Waals surface area contributed by atoms with Crippen molar-refractivity contribution in [3.8, 4) is 5.19 Å². The summed E-state index contributed by atoms with van der Waals surface area (Å²) in [6.07, 6.45) is 6.94. The van der Waals surface area contributed by atoms with Gasteiger partial charge in [0.2, 0.25) is 0 Å². The number of halogens is 2.